The summed E-state index contributed by atoms with van der Waals surface area (Å²) in [6, 6.07) is 24.3. The number of nitrogens with one attached hydrogen (secondary N) is 2. The highest BCUT2D eigenvalue weighted by Gasteiger charge is 2.12. The van der Waals surface area contributed by atoms with E-state index in [0.717, 1.165) is 11.4 Å². The van der Waals surface area contributed by atoms with Gasteiger partial charge < -0.3 is 16.4 Å². The van der Waals surface area contributed by atoms with Gasteiger partial charge in [0, 0.05) is 17.1 Å². The third kappa shape index (κ3) is 3.68. The Hall–Kier alpha value is -3.27. The van der Waals surface area contributed by atoms with Crippen molar-refractivity contribution in [2.75, 3.05) is 16.4 Å². The monoisotopic (exact) mass is 303 g/mol. The lowest BCUT2D eigenvalue weighted by Crippen LogP contribution is -2.14. The van der Waals surface area contributed by atoms with Crippen LogP contribution in [0.25, 0.3) is 0 Å². The second kappa shape index (κ2) is 6.66. The van der Waals surface area contributed by atoms with Crippen LogP contribution >= 0.6 is 0 Å². The third-order valence-corrected chi connectivity index (χ3v) is 3.37. The summed E-state index contributed by atoms with van der Waals surface area (Å²) in [6.45, 7) is 0. The second-order valence-electron chi connectivity index (χ2n) is 5.12. The van der Waals surface area contributed by atoms with Gasteiger partial charge in [0.15, 0.2) is 0 Å². The van der Waals surface area contributed by atoms with Gasteiger partial charge in [-0.15, -0.1) is 0 Å². The molecule has 3 aromatic rings. The van der Waals surface area contributed by atoms with E-state index in [9.17, 15) is 4.79 Å². The van der Waals surface area contributed by atoms with Gasteiger partial charge in [-0.25, -0.2) is 0 Å². The van der Waals surface area contributed by atoms with Gasteiger partial charge in [0.25, 0.3) is 5.91 Å². The van der Waals surface area contributed by atoms with Crippen LogP contribution in [0.2, 0.25) is 0 Å². The van der Waals surface area contributed by atoms with Gasteiger partial charge in [0.1, 0.15) is 0 Å². The first kappa shape index (κ1) is 14.7. The van der Waals surface area contributed by atoms with Crippen molar-refractivity contribution < 1.29 is 4.79 Å². The molecule has 0 heterocycles. The Morgan fingerprint density at radius 2 is 1.39 bits per heavy atom. The van der Waals surface area contributed by atoms with Crippen LogP contribution in [-0.2, 0) is 0 Å². The van der Waals surface area contributed by atoms with Crippen molar-refractivity contribution in [3.63, 3.8) is 0 Å². The zero-order chi connectivity index (χ0) is 16.1. The number of carbonyl (C=O) groups is 1. The Balaban J connectivity index is 1.88. The maximum Gasteiger partial charge on any atom is 0.257 e. The molecule has 1 amide bonds. The van der Waals surface area contributed by atoms with E-state index in [1.807, 2.05) is 66.7 Å². The van der Waals surface area contributed by atoms with E-state index in [2.05, 4.69) is 10.6 Å². The van der Waals surface area contributed by atoms with Gasteiger partial charge in [0.2, 0.25) is 0 Å². The number of nitrogens with two attached hydrogens (primary N) is 1. The zero-order valence-corrected chi connectivity index (χ0v) is 12.5. The predicted molar refractivity (Wildman–Crippen MR) is 95.0 cm³/mol. The first-order valence-electron chi connectivity index (χ1n) is 7.30. The third-order valence-electron chi connectivity index (χ3n) is 3.37. The Kier molecular flexibility index (Phi) is 4.25. The van der Waals surface area contributed by atoms with E-state index in [1.165, 1.54) is 0 Å². The molecule has 0 unspecified atom stereocenters. The first-order valence-corrected chi connectivity index (χ1v) is 7.30. The lowest BCUT2D eigenvalue weighted by atomic mass is 10.1. The number of carbonyl (C=O) groups excluding carboxylic acids is 1. The zero-order valence-electron chi connectivity index (χ0n) is 12.5. The van der Waals surface area contributed by atoms with Crippen molar-refractivity contribution in [3.05, 3.63) is 84.4 Å². The number of rotatable bonds is 4. The number of hydrogen-bond donors (Lipinski definition) is 3. The smallest absolute Gasteiger partial charge is 0.257 e. The van der Waals surface area contributed by atoms with Crippen molar-refractivity contribution in [2.45, 2.75) is 0 Å². The van der Waals surface area contributed by atoms with Gasteiger partial charge in [-0.1, -0.05) is 36.4 Å². The fourth-order valence-electron chi connectivity index (χ4n) is 2.26. The fourth-order valence-corrected chi connectivity index (χ4v) is 2.26. The van der Waals surface area contributed by atoms with Crippen molar-refractivity contribution in [2.24, 2.45) is 0 Å². The maximum atomic E-state index is 12.6. The molecule has 0 aromatic heterocycles. The molecule has 0 aliphatic heterocycles. The number of benzene rings is 3. The molecule has 114 valence electrons. The minimum absolute atomic E-state index is 0.207. The standard InChI is InChI=1S/C19H17N3O/c20-14-11-12-18(21-15-7-3-1-4-8-15)17(13-14)19(23)22-16-9-5-2-6-10-16/h1-13,21H,20H2,(H,22,23). The molecule has 4 N–H and O–H groups in total. The van der Waals surface area contributed by atoms with Crippen LogP contribution in [0.4, 0.5) is 22.7 Å². The van der Waals surface area contributed by atoms with Crippen LogP contribution < -0.4 is 16.4 Å². The van der Waals surface area contributed by atoms with E-state index in [4.69, 9.17) is 5.73 Å². The van der Waals surface area contributed by atoms with Gasteiger partial charge in [-0.05, 0) is 42.5 Å². The molecule has 0 saturated carbocycles. The summed E-state index contributed by atoms with van der Waals surface area (Å²) in [6.07, 6.45) is 0. The van der Waals surface area contributed by atoms with E-state index in [1.54, 1.807) is 12.1 Å². The molecule has 23 heavy (non-hydrogen) atoms. The highest BCUT2D eigenvalue weighted by Crippen LogP contribution is 2.24. The quantitative estimate of drug-likeness (QED) is 0.631. The molecule has 3 aromatic carbocycles. The summed E-state index contributed by atoms with van der Waals surface area (Å²) in [7, 11) is 0. The summed E-state index contributed by atoms with van der Waals surface area (Å²) in [5.41, 5.74) is 9.24. The van der Waals surface area contributed by atoms with Gasteiger partial charge >= 0.3 is 0 Å². The molecule has 0 fully saturated rings. The number of nitrogen functional groups attached to an aromatic ring is 1. The molecular formula is C19H17N3O. The summed E-state index contributed by atoms with van der Waals surface area (Å²) in [4.78, 5) is 12.6. The average Bonchev–Trinajstić information content (AvgIpc) is 2.58. The van der Waals surface area contributed by atoms with Gasteiger partial charge in [-0.2, -0.15) is 0 Å². The minimum Gasteiger partial charge on any atom is -0.399 e. The normalized spacial score (nSPS) is 10.1. The largest absolute Gasteiger partial charge is 0.399 e. The van der Waals surface area contributed by atoms with Crippen LogP contribution in [0.1, 0.15) is 10.4 Å². The van der Waals surface area contributed by atoms with Crippen LogP contribution in [0.3, 0.4) is 0 Å². The SMILES string of the molecule is Nc1ccc(Nc2ccccc2)c(C(=O)Nc2ccccc2)c1. The summed E-state index contributed by atoms with van der Waals surface area (Å²) >= 11 is 0. The molecule has 0 aliphatic carbocycles. The summed E-state index contributed by atoms with van der Waals surface area (Å²) in [5.74, 6) is -0.207. The molecule has 4 heteroatoms. The van der Waals surface area contributed by atoms with Crippen LogP contribution in [0, 0.1) is 0 Å². The summed E-state index contributed by atoms with van der Waals surface area (Å²) in [5, 5.41) is 6.13. The lowest BCUT2D eigenvalue weighted by Gasteiger charge is -2.13. The molecule has 0 radical (unpaired) electrons. The number of para-hydroxylation sites is 2. The average molecular weight is 303 g/mol. The molecule has 0 saturated heterocycles. The highest BCUT2D eigenvalue weighted by molar-refractivity contribution is 6.09. The van der Waals surface area contributed by atoms with E-state index in [-0.39, 0.29) is 5.91 Å². The maximum absolute atomic E-state index is 12.6. The Labute approximate surface area is 135 Å². The van der Waals surface area contributed by atoms with Crippen LogP contribution in [0.15, 0.2) is 78.9 Å². The molecule has 0 atom stereocenters. The van der Waals surface area contributed by atoms with Crippen molar-refractivity contribution >= 4 is 28.7 Å². The highest BCUT2D eigenvalue weighted by atomic mass is 16.1. The molecular weight excluding hydrogens is 286 g/mol. The second-order valence-corrected chi connectivity index (χ2v) is 5.12. The molecule has 0 bridgehead atoms. The van der Waals surface area contributed by atoms with Crippen molar-refractivity contribution in [1.29, 1.82) is 0 Å². The Morgan fingerprint density at radius 1 is 0.783 bits per heavy atom. The van der Waals surface area contributed by atoms with Crippen molar-refractivity contribution in [1.82, 2.24) is 0 Å². The topological polar surface area (TPSA) is 67.1 Å². The lowest BCUT2D eigenvalue weighted by molar-refractivity contribution is 0.102. The number of hydrogen-bond acceptors (Lipinski definition) is 3. The number of amides is 1. The number of anilines is 4. The first-order chi connectivity index (χ1) is 11.2. The van der Waals surface area contributed by atoms with E-state index < -0.39 is 0 Å². The van der Waals surface area contributed by atoms with E-state index >= 15 is 0 Å². The Morgan fingerprint density at radius 3 is 2.04 bits per heavy atom. The predicted octanol–water partition coefficient (Wildman–Crippen LogP) is 4.26. The summed E-state index contributed by atoms with van der Waals surface area (Å²) < 4.78 is 0. The molecule has 3 rings (SSSR count). The van der Waals surface area contributed by atoms with Gasteiger partial charge in [-0.3, -0.25) is 4.79 Å². The molecule has 4 nitrogen and oxygen atoms in total. The Bertz CT molecular complexity index is 801. The van der Waals surface area contributed by atoms with E-state index in [0.29, 0.717) is 16.9 Å². The van der Waals surface area contributed by atoms with Gasteiger partial charge in [0.05, 0.1) is 11.3 Å². The molecule has 0 spiro atoms. The van der Waals surface area contributed by atoms with Crippen LogP contribution in [-0.4, -0.2) is 5.91 Å². The van der Waals surface area contributed by atoms with Crippen molar-refractivity contribution in [3.8, 4) is 0 Å². The fraction of sp³-hybridized carbons (Fsp3) is 0. The van der Waals surface area contributed by atoms with Crippen LogP contribution in [0.5, 0.6) is 0 Å². The minimum atomic E-state index is -0.207. The molecule has 0 aliphatic rings.